The van der Waals surface area contributed by atoms with Gasteiger partial charge in [-0.15, -0.1) is 0 Å². The molecule has 0 N–H and O–H groups in total. The van der Waals surface area contributed by atoms with Gasteiger partial charge in [0.1, 0.15) is 4.32 Å². The van der Waals surface area contributed by atoms with E-state index in [0.29, 0.717) is 15.8 Å². The zero-order valence-corrected chi connectivity index (χ0v) is 14.9. The number of thioether (sulfide) groups is 2. The number of nitrogens with zero attached hydrogens (tertiary/aromatic N) is 2. The van der Waals surface area contributed by atoms with Crippen molar-refractivity contribution in [1.29, 1.82) is 0 Å². The Kier molecular flexibility index (Phi) is 4.61. The Labute approximate surface area is 144 Å². The lowest BCUT2D eigenvalue weighted by Gasteiger charge is -2.17. The molecule has 2 heterocycles. The first-order chi connectivity index (χ1) is 10.7. The van der Waals surface area contributed by atoms with Crippen molar-refractivity contribution in [1.82, 2.24) is 4.90 Å². The highest BCUT2D eigenvalue weighted by molar-refractivity contribution is 8.26. The summed E-state index contributed by atoms with van der Waals surface area (Å²) < 4.78 is 0.645. The number of anilines is 1. The fourth-order valence-corrected chi connectivity index (χ4v) is 4.89. The SMILES string of the molecule is CCN1C(=O)/C(=C/C=C2/Sc3ccccc3N2CC)SC1=S. The summed E-state index contributed by atoms with van der Waals surface area (Å²) in [6.07, 6.45) is 3.92. The molecule has 0 spiro atoms. The van der Waals surface area contributed by atoms with Crippen LogP contribution in [0.5, 0.6) is 0 Å². The molecule has 3 nitrogen and oxygen atoms in total. The Morgan fingerprint density at radius 2 is 1.82 bits per heavy atom. The third-order valence-corrected chi connectivity index (χ3v) is 6.05. The smallest absolute Gasteiger partial charge is 0.266 e. The minimum atomic E-state index is 0.0120. The van der Waals surface area contributed by atoms with Gasteiger partial charge in [0.05, 0.1) is 15.6 Å². The molecule has 2 aliphatic rings. The van der Waals surface area contributed by atoms with E-state index in [4.69, 9.17) is 12.2 Å². The number of rotatable bonds is 3. The number of para-hydroxylation sites is 1. The minimum absolute atomic E-state index is 0.0120. The summed E-state index contributed by atoms with van der Waals surface area (Å²) in [5.41, 5.74) is 1.23. The van der Waals surface area contributed by atoms with Crippen LogP contribution in [-0.2, 0) is 4.79 Å². The Balaban J connectivity index is 1.87. The Morgan fingerprint density at radius 3 is 2.50 bits per heavy atom. The Hall–Kier alpha value is -1.24. The second kappa shape index (κ2) is 6.48. The van der Waals surface area contributed by atoms with Crippen molar-refractivity contribution in [2.45, 2.75) is 18.7 Å². The number of amides is 1. The van der Waals surface area contributed by atoms with Gasteiger partial charge in [0.15, 0.2) is 0 Å². The Bertz CT molecular complexity index is 696. The molecule has 1 aromatic carbocycles. The number of carbonyl (C=O) groups is 1. The van der Waals surface area contributed by atoms with Crippen molar-refractivity contribution in [2.75, 3.05) is 18.0 Å². The van der Waals surface area contributed by atoms with Crippen LogP contribution in [-0.4, -0.2) is 28.2 Å². The fraction of sp³-hybridized carbons (Fsp3) is 0.250. The van der Waals surface area contributed by atoms with E-state index in [0.717, 1.165) is 11.6 Å². The molecule has 1 amide bonds. The quantitative estimate of drug-likeness (QED) is 0.601. The monoisotopic (exact) mass is 348 g/mol. The number of benzene rings is 1. The summed E-state index contributed by atoms with van der Waals surface area (Å²) in [6, 6.07) is 8.36. The summed E-state index contributed by atoms with van der Waals surface area (Å²) in [7, 11) is 0. The van der Waals surface area contributed by atoms with Gasteiger partial charge >= 0.3 is 0 Å². The molecule has 1 aromatic rings. The number of likely N-dealkylation sites (N-methyl/N-ethyl adjacent to an activating group) is 1. The molecule has 114 valence electrons. The topological polar surface area (TPSA) is 23.6 Å². The lowest BCUT2D eigenvalue weighted by molar-refractivity contribution is -0.122. The van der Waals surface area contributed by atoms with Crippen LogP contribution in [0, 0.1) is 0 Å². The molecule has 1 saturated heterocycles. The molecular formula is C16H16N2OS3. The second-order valence-electron chi connectivity index (χ2n) is 4.77. The number of carbonyl (C=O) groups excluding carboxylic acids is 1. The predicted octanol–water partition coefficient (Wildman–Crippen LogP) is 4.22. The van der Waals surface area contributed by atoms with E-state index in [1.165, 1.54) is 22.3 Å². The third kappa shape index (κ3) is 2.71. The number of thiocarbonyl (C=S) groups is 1. The fourth-order valence-electron chi connectivity index (χ4n) is 2.44. The molecule has 0 saturated carbocycles. The second-order valence-corrected chi connectivity index (χ2v) is 7.51. The van der Waals surface area contributed by atoms with Crippen molar-refractivity contribution in [3.05, 3.63) is 46.4 Å². The zero-order chi connectivity index (χ0) is 15.7. The summed E-state index contributed by atoms with van der Waals surface area (Å²) in [4.78, 5) is 18.1. The number of hydrogen-bond donors (Lipinski definition) is 0. The standard InChI is InChI=1S/C16H16N2OS3/c1-3-17-11-7-5-6-8-12(11)21-14(17)10-9-13-15(19)18(4-2)16(20)22-13/h5-10H,3-4H2,1-2H3/b13-9-,14-10+. The number of fused-ring (bicyclic) bond motifs is 1. The molecule has 0 bridgehead atoms. The van der Waals surface area contributed by atoms with Gasteiger partial charge in [-0.1, -0.05) is 47.9 Å². The van der Waals surface area contributed by atoms with E-state index in [-0.39, 0.29) is 5.91 Å². The minimum Gasteiger partial charge on any atom is -0.335 e. The molecular weight excluding hydrogens is 332 g/mol. The molecule has 1 fully saturated rings. The maximum absolute atomic E-state index is 12.2. The van der Waals surface area contributed by atoms with Gasteiger partial charge < -0.3 is 4.90 Å². The molecule has 0 aliphatic carbocycles. The zero-order valence-electron chi connectivity index (χ0n) is 12.4. The van der Waals surface area contributed by atoms with Crippen LogP contribution in [0.2, 0.25) is 0 Å². The van der Waals surface area contributed by atoms with Gasteiger partial charge in [0.2, 0.25) is 0 Å². The Morgan fingerprint density at radius 1 is 1.09 bits per heavy atom. The van der Waals surface area contributed by atoms with E-state index >= 15 is 0 Å². The van der Waals surface area contributed by atoms with Gasteiger partial charge in [0, 0.05) is 18.0 Å². The van der Waals surface area contributed by atoms with Gasteiger partial charge in [-0.05, 0) is 38.1 Å². The molecule has 0 radical (unpaired) electrons. The van der Waals surface area contributed by atoms with E-state index < -0.39 is 0 Å². The maximum Gasteiger partial charge on any atom is 0.266 e. The van der Waals surface area contributed by atoms with Crippen LogP contribution < -0.4 is 4.90 Å². The first-order valence-electron chi connectivity index (χ1n) is 7.15. The van der Waals surface area contributed by atoms with Crippen LogP contribution in [0.3, 0.4) is 0 Å². The molecule has 3 rings (SSSR count). The molecule has 0 unspecified atom stereocenters. The van der Waals surface area contributed by atoms with Gasteiger partial charge in [-0.25, -0.2) is 0 Å². The maximum atomic E-state index is 12.2. The summed E-state index contributed by atoms with van der Waals surface area (Å²) >= 11 is 8.35. The van der Waals surface area contributed by atoms with E-state index in [2.05, 4.69) is 36.1 Å². The summed E-state index contributed by atoms with van der Waals surface area (Å²) in [5, 5.41) is 1.14. The highest BCUT2D eigenvalue weighted by Gasteiger charge is 2.30. The van der Waals surface area contributed by atoms with Gasteiger partial charge in [0.25, 0.3) is 5.91 Å². The van der Waals surface area contributed by atoms with Crippen molar-refractivity contribution in [2.24, 2.45) is 0 Å². The van der Waals surface area contributed by atoms with Gasteiger partial charge in [-0.2, -0.15) is 0 Å². The van der Waals surface area contributed by atoms with Gasteiger partial charge in [-0.3, -0.25) is 9.69 Å². The van der Waals surface area contributed by atoms with Crippen molar-refractivity contribution >= 4 is 51.7 Å². The lowest BCUT2D eigenvalue weighted by atomic mass is 10.3. The average molecular weight is 349 g/mol. The normalized spacial score (nSPS) is 21.4. The van der Waals surface area contributed by atoms with Crippen LogP contribution in [0.15, 0.2) is 51.2 Å². The highest BCUT2D eigenvalue weighted by atomic mass is 32.2. The largest absolute Gasteiger partial charge is 0.335 e. The molecule has 0 atom stereocenters. The van der Waals surface area contributed by atoms with Crippen LogP contribution in [0.25, 0.3) is 0 Å². The number of hydrogen-bond acceptors (Lipinski definition) is 5. The van der Waals surface area contributed by atoms with E-state index in [1.807, 2.05) is 19.1 Å². The molecule has 6 heteroatoms. The number of allylic oxidation sites excluding steroid dienone is 2. The summed E-state index contributed by atoms with van der Waals surface area (Å²) in [6.45, 7) is 5.60. The average Bonchev–Trinajstić information content (AvgIpc) is 3.01. The predicted molar refractivity (Wildman–Crippen MR) is 99.1 cm³/mol. The molecule has 0 aromatic heterocycles. The first-order valence-corrected chi connectivity index (χ1v) is 9.20. The van der Waals surface area contributed by atoms with Crippen LogP contribution >= 0.6 is 35.7 Å². The highest BCUT2D eigenvalue weighted by Crippen LogP contribution is 2.45. The van der Waals surface area contributed by atoms with Crippen LogP contribution in [0.4, 0.5) is 5.69 Å². The summed E-state index contributed by atoms with van der Waals surface area (Å²) in [5.74, 6) is 0.0120. The van der Waals surface area contributed by atoms with E-state index in [9.17, 15) is 4.79 Å². The van der Waals surface area contributed by atoms with E-state index in [1.54, 1.807) is 16.7 Å². The third-order valence-electron chi connectivity index (χ3n) is 3.52. The van der Waals surface area contributed by atoms with Crippen LogP contribution in [0.1, 0.15) is 13.8 Å². The van der Waals surface area contributed by atoms with Crippen molar-refractivity contribution < 1.29 is 4.79 Å². The van der Waals surface area contributed by atoms with Crippen molar-refractivity contribution in [3.63, 3.8) is 0 Å². The molecule has 2 aliphatic heterocycles. The lowest BCUT2D eigenvalue weighted by Crippen LogP contribution is -2.27. The first kappa shape index (κ1) is 15.6. The molecule has 22 heavy (non-hydrogen) atoms. The van der Waals surface area contributed by atoms with Crippen molar-refractivity contribution in [3.8, 4) is 0 Å².